The number of nitro benzene ring substituents is 1. The standard InChI is InChI=1S/C16H16FN3O3/c1-11(19-14-3-2-4-15(9-14)20(22)23)16(21)18-10-12-5-7-13(17)8-6-12/h2-9,11,19H,10H2,1H3,(H,18,21)/t11-/m0/s1. The lowest BCUT2D eigenvalue weighted by atomic mass is 10.2. The van der Waals surface area contributed by atoms with Gasteiger partial charge in [0.1, 0.15) is 11.9 Å². The van der Waals surface area contributed by atoms with E-state index in [4.69, 9.17) is 0 Å². The second kappa shape index (κ2) is 7.35. The number of amides is 1. The SMILES string of the molecule is C[C@H](Nc1cccc([N+](=O)[O-])c1)C(=O)NCc1ccc(F)cc1. The largest absolute Gasteiger partial charge is 0.374 e. The lowest BCUT2D eigenvalue weighted by molar-refractivity contribution is -0.384. The molecule has 0 radical (unpaired) electrons. The molecule has 23 heavy (non-hydrogen) atoms. The highest BCUT2D eigenvalue weighted by Crippen LogP contribution is 2.17. The van der Waals surface area contributed by atoms with Crippen molar-refractivity contribution >= 4 is 17.3 Å². The first-order valence-electron chi connectivity index (χ1n) is 6.99. The summed E-state index contributed by atoms with van der Waals surface area (Å²) in [6, 6.07) is 11.2. The fraction of sp³-hybridized carbons (Fsp3) is 0.188. The van der Waals surface area contributed by atoms with Crippen LogP contribution in [-0.4, -0.2) is 16.9 Å². The average Bonchev–Trinajstić information content (AvgIpc) is 2.54. The van der Waals surface area contributed by atoms with Crippen LogP contribution >= 0.6 is 0 Å². The van der Waals surface area contributed by atoms with Crippen LogP contribution in [0.4, 0.5) is 15.8 Å². The summed E-state index contributed by atoms with van der Waals surface area (Å²) >= 11 is 0. The molecule has 2 rings (SSSR count). The van der Waals surface area contributed by atoms with Gasteiger partial charge < -0.3 is 10.6 Å². The molecule has 6 nitrogen and oxygen atoms in total. The van der Waals surface area contributed by atoms with Gasteiger partial charge in [0.05, 0.1) is 4.92 Å². The van der Waals surface area contributed by atoms with E-state index in [2.05, 4.69) is 10.6 Å². The molecule has 0 aromatic heterocycles. The number of benzene rings is 2. The topological polar surface area (TPSA) is 84.3 Å². The van der Waals surface area contributed by atoms with E-state index < -0.39 is 11.0 Å². The van der Waals surface area contributed by atoms with E-state index in [9.17, 15) is 19.3 Å². The van der Waals surface area contributed by atoms with Crippen molar-refractivity contribution < 1.29 is 14.1 Å². The number of halogens is 1. The number of carbonyl (C=O) groups excluding carboxylic acids is 1. The fourth-order valence-corrected chi connectivity index (χ4v) is 1.97. The van der Waals surface area contributed by atoms with Crippen LogP contribution in [0.1, 0.15) is 12.5 Å². The summed E-state index contributed by atoms with van der Waals surface area (Å²) in [6.07, 6.45) is 0. The summed E-state index contributed by atoms with van der Waals surface area (Å²) in [5.41, 5.74) is 1.22. The predicted molar refractivity (Wildman–Crippen MR) is 84.4 cm³/mol. The second-order valence-corrected chi connectivity index (χ2v) is 5.02. The lowest BCUT2D eigenvalue weighted by Crippen LogP contribution is -2.37. The molecule has 7 heteroatoms. The van der Waals surface area contributed by atoms with Crippen LogP contribution in [0.3, 0.4) is 0 Å². The zero-order valence-corrected chi connectivity index (χ0v) is 12.5. The van der Waals surface area contributed by atoms with Gasteiger partial charge in [-0.25, -0.2) is 4.39 Å². The summed E-state index contributed by atoms with van der Waals surface area (Å²) in [7, 11) is 0. The Kier molecular flexibility index (Phi) is 5.24. The van der Waals surface area contributed by atoms with Gasteiger partial charge in [-0.3, -0.25) is 14.9 Å². The van der Waals surface area contributed by atoms with Crippen LogP contribution in [0.2, 0.25) is 0 Å². The van der Waals surface area contributed by atoms with E-state index in [-0.39, 0.29) is 24.0 Å². The van der Waals surface area contributed by atoms with Gasteiger partial charge in [-0.2, -0.15) is 0 Å². The number of nitrogens with zero attached hydrogens (tertiary/aromatic N) is 1. The van der Waals surface area contributed by atoms with Gasteiger partial charge >= 0.3 is 0 Å². The Morgan fingerprint density at radius 2 is 1.96 bits per heavy atom. The summed E-state index contributed by atoms with van der Waals surface area (Å²) in [5, 5.41) is 16.4. The molecule has 1 amide bonds. The summed E-state index contributed by atoms with van der Waals surface area (Å²) in [5.74, 6) is -0.596. The molecule has 120 valence electrons. The fourth-order valence-electron chi connectivity index (χ4n) is 1.97. The third-order valence-corrected chi connectivity index (χ3v) is 3.21. The molecule has 0 saturated heterocycles. The number of nitrogens with one attached hydrogen (secondary N) is 2. The number of carbonyl (C=O) groups is 1. The van der Waals surface area contributed by atoms with Gasteiger partial charge in [0.15, 0.2) is 0 Å². The van der Waals surface area contributed by atoms with Gasteiger partial charge in [0.25, 0.3) is 5.69 Å². The zero-order chi connectivity index (χ0) is 16.8. The molecule has 0 heterocycles. The van der Waals surface area contributed by atoms with Crippen LogP contribution in [0.5, 0.6) is 0 Å². The predicted octanol–water partition coefficient (Wildman–Crippen LogP) is 2.85. The Bertz CT molecular complexity index is 704. The van der Waals surface area contributed by atoms with Crippen LogP contribution in [-0.2, 0) is 11.3 Å². The van der Waals surface area contributed by atoms with E-state index in [0.29, 0.717) is 5.69 Å². The molecule has 1 atom stereocenters. The van der Waals surface area contributed by atoms with Crippen molar-refractivity contribution in [3.8, 4) is 0 Å². The molecule has 0 spiro atoms. The Balaban J connectivity index is 1.90. The highest BCUT2D eigenvalue weighted by molar-refractivity contribution is 5.84. The van der Waals surface area contributed by atoms with E-state index in [0.717, 1.165) is 5.56 Å². The Morgan fingerprint density at radius 3 is 2.61 bits per heavy atom. The molecule has 0 fully saturated rings. The minimum Gasteiger partial charge on any atom is -0.374 e. The molecular formula is C16H16FN3O3. The smallest absolute Gasteiger partial charge is 0.271 e. The van der Waals surface area contributed by atoms with Crippen molar-refractivity contribution in [2.24, 2.45) is 0 Å². The van der Waals surface area contributed by atoms with Crippen LogP contribution in [0, 0.1) is 15.9 Å². The molecule has 2 aromatic rings. The third kappa shape index (κ3) is 4.77. The first-order chi connectivity index (χ1) is 11.0. The number of rotatable bonds is 6. The van der Waals surface area contributed by atoms with Crippen molar-refractivity contribution in [3.63, 3.8) is 0 Å². The minimum absolute atomic E-state index is 0.0473. The van der Waals surface area contributed by atoms with Gasteiger partial charge in [0, 0.05) is 24.4 Å². The first kappa shape index (κ1) is 16.4. The number of nitro groups is 1. The molecular weight excluding hydrogens is 301 g/mol. The van der Waals surface area contributed by atoms with E-state index >= 15 is 0 Å². The summed E-state index contributed by atoms with van der Waals surface area (Å²) in [4.78, 5) is 22.3. The maximum absolute atomic E-state index is 12.8. The quantitative estimate of drug-likeness (QED) is 0.634. The highest BCUT2D eigenvalue weighted by Gasteiger charge is 2.13. The van der Waals surface area contributed by atoms with E-state index in [1.165, 1.54) is 24.3 Å². The maximum Gasteiger partial charge on any atom is 0.271 e. The van der Waals surface area contributed by atoms with Gasteiger partial charge in [0.2, 0.25) is 5.91 Å². The Hall–Kier alpha value is -2.96. The summed E-state index contributed by atoms with van der Waals surface area (Å²) < 4.78 is 12.8. The Morgan fingerprint density at radius 1 is 1.26 bits per heavy atom. The molecule has 0 aliphatic rings. The van der Waals surface area contributed by atoms with Crippen LogP contribution in [0.15, 0.2) is 48.5 Å². The minimum atomic E-state index is -0.572. The molecule has 0 saturated carbocycles. The third-order valence-electron chi connectivity index (χ3n) is 3.21. The van der Waals surface area contributed by atoms with Gasteiger partial charge in [-0.1, -0.05) is 18.2 Å². The second-order valence-electron chi connectivity index (χ2n) is 5.02. The molecule has 0 aliphatic heterocycles. The van der Waals surface area contributed by atoms with Gasteiger partial charge in [-0.05, 0) is 30.7 Å². The van der Waals surface area contributed by atoms with Gasteiger partial charge in [-0.15, -0.1) is 0 Å². The van der Waals surface area contributed by atoms with Crippen molar-refractivity contribution in [1.82, 2.24) is 5.32 Å². The monoisotopic (exact) mass is 317 g/mol. The molecule has 0 aliphatic carbocycles. The number of non-ortho nitro benzene ring substituents is 1. The zero-order valence-electron chi connectivity index (χ0n) is 12.5. The highest BCUT2D eigenvalue weighted by atomic mass is 19.1. The molecule has 2 N–H and O–H groups in total. The molecule has 0 bridgehead atoms. The van der Waals surface area contributed by atoms with E-state index in [1.54, 1.807) is 31.2 Å². The van der Waals surface area contributed by atoms with Crippen molar-refractivity contribution in [2.45, 2.75) is 19.5 Å². The van der Waals surface area contributed by atoms with Crippen LogP contribution in [0.25, 0.3) is 0 Å². The normalized spacial score (nSPS) is 11.6. The van der Waals surface area contributed by atoms with Crippen molar-refractivity contribution in [1.29, 1.82) is 0 Å². The maximum atomic E-state index is 12.8. The summed E-state index contributed by atoms with van der Waals surface area (Å²) in [6.45, 7) is 1.93. The molecule has 2 aromatic carbocycles. The number of hydrogen-bond donors (Lipinski definition) is 2. The number of anilines is 1. The lowest BCUT2D eigenvalue weighted by Gasteiger charge is -2.15. The van der Waals surface area contributed by atoms with E-state index in [1.807, 2.05) is 0 Å². The Labute approximate surface area is 132 Å². The van der Waals surface area contributed by atoms with Crippen molar-refractivity contribution in [3.05, 3.63) is 70.0 Å². The van der Waals surface area contributed by atoms with Crippen molar-refractivity contribution in [2.75, 3.05) is 5.32 Å². The van der Waals surface area contributed by atoms with Crippen LogP contribution < -0.4 is 10.6 Å². The molecule has 0 unspecified atom stereocenters. The number of hydrogen-bond acceptors (Lipinski definition) is 4. The first-order valence-corrected chi connectivity index (χ1v) is 6.99. The average molecular weight is 317 g/mol.